The first kappa shape index (κ1) is 20.5. The molecule has 3 heterocycles. The molecule has 7 heteroatoms. The van der Waals surface area contributed by atoms with E-state index >= 15 is 0 Å². The number of halogens is 2. The summed E-state index contributed by atoms with van der Waals surface area (Å²) in [7, 11) is 0. The molecule has 5 nitrogen and oxygen atoms in total. The Morgan fingerprint density at radius 1 is 1.03 bits per heavy atom. The lowest BCUT2D eigenvalue weighted by Crippen LogP contribution is -2.40. The van der Waals surface area contributed by atoms with Gasteiger partial charge in [0, 0.05) is 47.9 Å². The normalized spacial score (nSPS) is 18.1. The zero-order valence-electron chi connectivity index (χ0n) is 17.4. The van der Waals surface area contributed by atoms with Crippen molar-refractivity contribution < 1.29 is 9.18 Å². The van der Waals surface area contributed by atoms with Gasteiger partial charge in [-0.2, -0.15) is 0 Å². The van der Waals surface area contributed by atoms with E-state index in [1.54, 1.807) is 0 Å². The van der Waals surface area contributed by atoms with Gasteiger partial charge in [-0.25, -0.2) is 9.18 Å². The van der Waals surface area contributed by atoms with Gasteiger partial charge in [0.25, 0.3) is 0 Å². The Balaban J connectivity index is 1.33. The molecule has 3 aromatic rings. The minimum Gasteiger partial charge on any atom is -0.336 e. The van der Waals surface area contributed by atoms with Crippen molar-refractivity contribution in [2.75, 3.05) is 39.3 Å². The Bertz CT molecular complexity index is 1090. The van der Waals surface area contributed by atoms with E-state index in [9.17, 15) is 9.18 Å². The molecule has 2 fully saturated rings. The highest BCUT2D eigenvalue weighted by atomic mass is 79.9. The Labute approximate surface area is 189 Å². The minimum absolute atomic E-state index is 0.0645. The van der Waals surface area contributed by atoms with Crippen LogP contribution in [0.1, 0.15) is 24.3 Å². The molecule has 31 heavy (non-hydrogen) atoms. The molecule has 2 aliphatic rings. The number of aromatic nitrogens is 1. The van der Waals surface area contributed by atoms with Crippen LogP contribution in [-0.2, 0) is 0 Å². The molecule has 0 bridgehead atoms. The standard InChI is InChI=1S/C24H26BrFN4O/c25-18-1-6-21-22(16-30(23(21)15-18)20-4-2-19(26)3-5-20)17-7-10-28(11-8-17)13-14-29-12-9-27-24(29)31/h1-6,15-17H,7-14H2,(H,27,31). The van der Waals surface area contributed by atoms with E-state index in [1.165, 1.54) is 23.1 Å². The number of hydrogen-bond acceptors (Lipinski definition) is 2. The fourth-order valence-corrected chi connectivity index (χ4v) is 5.17. The maximum absolute atomic E-state index is 13.4. The number of piperidine rings is 1. The summed E-state index contributed by atoms with van der Waals surface area (Å²) in [4.78, 5) is 16.1. The Morgan fingerprint density at radius 3 is 2.52 bits per heavy atom. The van der Waals surface area contributed by atoms with Crippen molar-refractivity contribution in [1.82, 2.24) is 19.7 Å². The van der Waals surface area contributed by atoms with Crippen LogP contribution < -0.4 is 5.32 Å². The number of rotatable bonds is 5. The molecule has 0 spiro atoms. The number of amides is 2. The number of fused-ring (bicyclic) bond motifs is 1. The fourth-order valence-electron chi connectivity index (χ4n) is 4.82. The predicted molar refractivity (Wildman–Crippen MR) is 124 cm³/mol. The van der Waals surface area contributed by atoms with Crippen LogP contribution in [0, 0.1) is 5.82 Å². The van der Waals surface area contributed by atoms with Crippen LogP contribution >= 0.6 is 15.9 Å². The molecular weight excluding hydrogens is 459 g/mol. The average Bonchev–Trinajstić information content (AvgIpc) is 3.36. The van der Waals surface area contributed by atoms with E-state index in [-0.39, 0.29) is 11.8 Å². The summed E-state index contributed by atoms with van der Waals surface area (Å²) in [5.41, 5.74) is 3.47. The Kier molecular flexibility index (Phi) is 5.71. The zero-order chi connectivity index (χ0) is 21.4. The van der Waals surface area contributed by atoms with E-state index in [0.29, 0.717) is 5.92 Å². The third kappa shape index (κ3) is 4.21. The van der Waals surface area contributed by atoms with Crippen LogP contribution in [-0.4, -0.2) is 59.7 Å². The van der Waals surface area contributed by atoms with Gasteiger partial charge in [-0.3, -0.25) is 0 Å². The monoisotopic (exact) mass is 484 g/mol. The first-order valence-electron chi connectivity index (χ1n) is 10.9. The molecule has 1 aromatic heterocycles. The quantitative estimate of drug-likeness (QED) is 0.568. The fraction of sp³-hybridized carbons (Fsp3) is 0.375. The molecule has 0 atom stereocenters. The van der Waals surface area contributed by atoms with Crippen molar-refractivity contribution in [2.45, 2.75) is 18.8 Å². The zero-order valence-corrected chi connectivity index (χ0v) is 18.9. The van der Waals surface area contributed by atoms with Crippen molar-refractivity contribution in [3.8, 4) is 5.69 Å². The average molecular weight is 485 g/mol. The largest absolute Gasteiger partial charge is 0.336 e. The van der Waals surface area contributed by atoms with Gasteiger partial charge in [-0.1, -0.05) is 22.0 Å². The van der Waals surface area contributed by atoms with Gasteiger partial charge >= 0.3 is 6.03 Å². The predicted octanol–water partition coefficient (Wildman–Crippen LogP) is 4.74. The number of carbonyl (C=O) groups is 1. The molecule has 0 saturated carbocycles. The van der Waals surface area contributed by atoms with Gasteiger partial charge in [0.15, 0.2) is 0 Å². The molecule has 162 valence electrons. The lowest BCUT2D eigenvalue weighted by atomic mass is 9.89. The van der Waals surface area contributed by atoms with E-state index < -0.39 is 0 Å². The van der Waals surface area contributed by atoms with Crippen molar-refractivity contribution in [1.29, 1.82) is 0 Å². The van der Waals surface area contributed by atoms with Gasteiger partial charge in [-0.05, 0) is 73.8 Å². The first-order chi connectivity index (χ1) is 15.1. The summed E-state index contributed by atoms with van der Waals surface area (Å²) in [5.74, 6) is 0.275. The van der Waals surface area contributed by atoms with Gasteiger partial charge in [0.1, 0.15) is 5.82 Å². The summed E-state index contributed by atoms with van der Waals surface area (Å²) in [6, 6.07) is 13.2. The van der Waals surface area contributed by atoms with Gasteiger partial charge in [-0.15, -0.1) is 0 Å². The summed E-state index contributed by atoms with van der Waals surface area (Å²) in [6.45, 7) is 5.39. The van der Waals surface area contributed by atoms with Crippen molar-refractivity contribution >= 4 is 32.9 Å². The van der Waals surface area contributed by atoms with Crippen LogP contribution in [0.4, 0.5) is 9.18 Å². The van der Waals surface area contributed by atoms with Crippen LogP contribution in [0.25, 0.3) is 16.6 Å². The highest BCUT2D eigenvalue weighted by Crippen LogP contribution is 2.36. The topological polar surface area (TPSA) is 40.5 Å². The SMILES string of the molecule is O=C1NCCN1CCN1CCC(c2cn(-c3ccc(F)cc3)c3cc(Br)ccc23)CC1. The molecule has 0 radical (unpaired) electrons. The lowest BCUT2D eigenvalue weighted by molar-refractivity contribution is 0.181. The number of hydrogen-bond donors (Lipinski definition) is 1. The first-order valence-corrected chi connectivity index (χ1v) is 11.7. The molecule has 5 rings (SSSR count). The molecular formula is C24H26BrFN4O. The smallest absolute Gasteiger partial charge is 0.317 e. The molecule has 2 amide bonds. The van der Waals surface area contributed by atoms with Gasteiger partial charge in [0.2, 0.25) is 0 Å². The second-order valence-electron chi connectivity index (χ2n) is 8.43. The molecule has 2 aliphatic heterocycles. The van der Waals surface area contributed by atoms with Crippen molar-refractivity contribution in [2.24, 2.45) is 0 Å². The number of benzene rings is 2. The van der Waals surface area contributed by atoms with E-state index in [4.69, 9.17) is 0 Å². The number of nitrogens with one attached hydrogen (secondary N) is 1. The number of likely N-dealkylation sites (tertiary alicyclic amines) is 1. The van der Waals surface area contributed by atoms with E-state index in [2.05, 4.69) is 55.1 Å². The highest BCUT2D eigenvalue weighted by molar-refractivity contribution is 9.10. The molecule has 0 aliphatic carbocycles. The lowest BCUT2D eigenvalue weighted by Gasteiger charge is -2.32. The maximum atomic E-state index is 13.4. The Morgan fingerprint density at radius 2 is 1.81 bits per heavy atom. The summed E-state index contributed by atoms with van der Waals surface area (Å²) < 4.78 is 16.7. The van der Waals surface area contributed by atoms with Crippen molar-refractivity contribution in [3.63, 3.8) is 0 Å². The van der Waals surface area contributed by atoms with Crippen LogP contribution in [0.15, 0.2) is 53.1 Å². The van der Waals surface area contributed by atoms with Crippen LogP contribution in [0.5, 0.6) is 0 Å². The van der Waals surface area contributed by atoms with Gasteiger partial charge in [0.05, 0.1) is 5.52 Å². The number of carbonyl (C=O) groups excluding carboxylic acids is 1. The van der Waals surface area contributed by atoms with E-state index in [0.717, 1.165) is 67.8 Å². The van der Waals surface area contributed by atoms with Crippen LogP contribution in [0.2, 0.25) is 0 Å². The van der Waals surface area contributed by atoms with Gasteiger partial charge < -0.3 is 19.7 Å². The van der Waals surface area contributed by atoms with E-state index in [1.807, 2.05) is 17.0 Å². The summed E-state index contributed by atoms with van der Waals surface area (Å²) in [6.07, 6.45) is 4.44. The summed E-state index contributed by atoms with van der Waals surface area (Å²) >= 11 is 3.60. The highest BCUT2D eigenvalue weighted by Gasteiger charge is 2.25. The second kappa shape index (κ2) is 8.63. The van der Waals surface area contributed by atoms with Crippen molar-refractivity contribution in [3.05, 3.63) is 64.5 Å². The molecule has 1 N–H and O–H groups in total. The van der Waals surface area contributed by atoms with Crippen LogP contribution in [0.3, 0.4) is 0 Å². The summed E-state index contributed by atoms with van der Waals surface area (Å²) in [5, 5.41) is 4.13. The second-order valence-corrected chi connectivity index (χ2v) is 9.34. The Hall–Kier alpha value is -2.38. The minimum atomic E-state index is -0.222. The number of urea groups is 1. The maximum Gasteiger partial charge on any atom is 0.317 e. The third-order valence-electron chi connectivity index (χ3n) is 6.56. The molecule has 2 saturated heterocycles. The third-order valence-corrected chi connectivity index (χ3v) is 7.06. The number of nitrogens with zero attached hydrogens (tertiary/aromatic N) is 3. The molecule has 2 aromatic carbocycles. The molecule has 0 unspecified atom stereocenters.